The lowest BCUT2D eigenvalue weighted by atomic mass is 10.0. The number of nitrogens with one attached hydrogen (secondary N) is 1. The number of aryl methyl sites for hydroxylation is 1. The highest BCUT2D eigenvalue weighted by atomic mass is 16.2. The summed E-state index contributed by atoms with van der Waals surface area (Å²) in [4.78, 5) is 11.9. The molecule has 5 radical (unpaired) electrons. The van der Waals surface area contributed by atoms with Crippen LogP contribution in [0.3, 0.4) is 0 Å². The zero-order chi connectivity index (χ0) is 13.0. The van der Waals surface area contributed by atoms with Gasteiger partial charge in [-0.1, -0.05) is 18.2 Å². The van der Waals surface area contributed by atoms with Gasteiger partial charge >= 0.3 is 0 Å². The molecule has 3 heteroatoms. The van der Waals surface area contributed by atoms with E-state index in [4.69, 9.17) is 0 Å². The first-order chi connectivity index (χ1) is 8.68. The fourth-order valence-electron chi connectivity index (χ4n) is 1.70. The third-order valence-electron chi connectivity index (χ3n) is 2.80. The molecule has 1 aliphatic carbocycles. The monoisotopic (exact) mass is 239 g/mol. The molecule has 0 aliphatic heterocycles. The van der Waals surface area contributed by atoms with Crippen molar-refractivity contribution < 1.29 is 4.79 Å². The van der Waals surface area contributed by atoms with Gasteiger partial charge in [-0.3, -0.25) is 4.79 Å². The summed E-state index contributed by atoms with van der Waals surface area (Å²) in [6.07, 6.45) is 7.80. The maximum Gasteiger partial charge on any atom is 0.271 e. The summed E-state index contributed by atoms with van der Waals surface area (Å²) in [6.45, 7) is 3.77. The van der Waals surface area contributed by atoms with Crippen molar-refractivity contribution in [3.05, 3.63) is 67.0 Å². The normalized spacial score (nSPS) is 16.9. The first kappa shape index (κ1) is 12.8. The Kier molecular flexibility index (Phi) is 4.13. The predicted octanol–water partition coefficient (Wildman–Crippen LogP) is 2.51. The van der Waals surface area contributed by atoms with Crippen LogP contribution in [0.25, 0.3) is 0 Å². The molecule has 1 aromatic rings. The van der Waals surface area contributed by atoms with Crippen LogP contribution in [0.15, 0.2) is 29.4 Å². The number of rotatable bonds is 3. The Labute approximate surface area is 108 Å². The van der Waals surface area contributed by atoms with Crippen LogP contribution in [-0.2, 0) is 0 Å². The van der Waals surface area contributed by atoms with E-state index in [0.29, 0.717) is 5.56 Å². The molecule has 0 atom stereocenters. The average Bonchev–Trinajstić information content (AvgIpc) is 2.90. The topological polar surface area (TPSA) is 41.5 Å². The van der Waals surface area contributed by atoms with E-state index in [-0.39, 0.29) is 5.91 Å². The maximum absolute atomic E-state index is 11.9. The van der Waals surface area contributed by atoms with Crippen molar-refractivity contribution in [3.8, 4) is 0 Å². The minimum Gasteiger partial charge on any atom is -0.267 e. The van der Waals surface area contributed by atoms with Crippen molar-refractivity contribution in [1.29, 1.82) is 0 Å². The van der Waals surface area contributed by atoms with Crippen molar-refractivity contribution in [3.63, 3.8) is 0 Å². The number of benzene rings is 1. The molecule has 2 rings (SSSR count). The van der Waals surface area contributed by atoms with Crippen molar-refractivity contribution in [1.82, 2.24) is 5.43 Å². The number of hydrogen-bond acceptors (Lipinski definition) is 2. The van der Waals surface area contributed by atoms with Gasteiger partial charge in [0.2, 0.25) is 0 Å². The summed E-state index contributed by atoms with van der Waals surface area (Å²) < 4.78 is 0. The van der Waals surface area contributed by atoms with Gasteiger partial charge in [0, 0.05) is 17.2 Å². The number of carbonyl (C=O) groups is 1. The van der Waals surface area contributed by atoms with Gasteiger partial charge in [-0.05, 0) is 51.2 Å². The van der Waals surface area contributed by atoms with E-state index in [1.165, 1.54) is 0 Å². The summed E-state index contributed by atoms with van der Waals surface area (Å²) in [5, 5.41) is 4.10. The first-order valence-electron chi connectivity index (χ1n) is 5.81. The van der Waals surface area contributed by atoms with E-state index in [0.717, 1.165) is 17.2 Å². The SMILES string of the molecule is C/C(=N/NC(=O)c1ccccc1C)[C]1[CH][CH][CH][CH]1. The van der Waals surface area contributed by atoms with E-state index in [9.17, 15) is 4.79 Å². The third kappa shape index (κ3) is 2.97. The zero-order valence-corrected chi connectivity index (χ0v) is 10.5. The van der Waals surface area contributed by atoms with E-state index in [1.54, 1.807) is 6.07 Å². The summed E-state index contributed by atoms with van der Waals surface area (Å²) in [5.41, 5.74) is 4.96. The molecule has 91 valence electrons. The number of hydrazone groups is 1. The lowest BCUT2D eigenvalue weighted by Gasteiger charge is -2.08. The van der Waals surface area contributed by atoms with Crippen LogP contribution in [0.5, 0.6) is 0 Å². The van der Waals surface area contributed by atoms with Crippen LogP contribution >= 0.6 is 0 Å². The molecular formula is C15H15N2O. The first-order valence-corrected chi connectivity index (χ1v) is 5.81. The van der Waals surface area contributed by atoms with Crippen LogP contribution in [-0.4, -0.2) is 11.6 Å². The van der Waals surface area contributed by atoms with E-state index in [2.05, 4.69) is 10.5 Å². The molecule has 18 heavy (non-hydrogen) atoms. The van der Waals surface area contributed by atoms with Crippen molar-refractivity contribution >= 4 is 11.6 Å². The van der Waals surface area contributed by atoms with Crippen molar-refractivity contribution in [2.24, 2.45) is 5.10 Å². The second-order valence-corrected chi connectivity index (χ2v) is 4.13. The molecule has 0 heterocycles. The van der Waals surface area contributed by atoms with Crippen molar-refractivity contribution in [2.45, 2.75) is 13.8 Å². The third-order valence-corrected chi connectivity index (χ3v) is 2.80. The van der Waals surface area contributed by atoms with E-state index >= 15 is 0 Å². The molecule has 0 spiro atoms. The summed E-state index contributed by atoms with van der Waals surface area (Å²) in [7, 11) is 0. The average molecular weight is 239 g/mol. The number of nitrogens with zero attached hydrogens (tertiary/aromatic N) is 1. The smallest absolute Gasteiger partial charge is 0.267 e. The molecule has 0 unspecified atom stereocenters. The predicted molar refractivity (Wildman–Crippen MR) is 72.2 cm³/mol. The number of hydrogen-bond donors (Lipinski definition) is 1. The van der Waals surface area contributed by atoms with Crippen molar-refractivity contribution in [2.75, 3.05) is 0 Å². The summed E-state index contributed by atoms with van der Waals surface area (Å²) in [6, 6.07) is 7.45. The van der Waals surface area contributed by atoms with Crippen LogP contribution in [0, 0.1) is 38.5 Å². The summed E-state index contributed by atoms with van der Waals surface area (Å²) in [5.74, 6) is 0.832. The Balaban J connectivity index is 1.99. The van der Waals surface area contributed by atoms with Gasteiger partial charge in [-0.25, -0.2) is 5.43 Å². The molecule has 1 fully saturated rings. The fourth-order valence-corrected chi connectivity index (χ4v) is 1.70. The maximum atomic E-state index is 11.9. The van der Waals surface area contributed by atoms with Gasteiger partial charge in [0.1, 0.15) is 0 Å². The van der Waals surface area contributed by atoms with E-state index < -0.39 is 0 Å². The highest BCUT2D eigenvalue weighted by Crippen LogP contribution is 2.24. The summed E-state index contributed by atoms with van der Waals surface area (Å²) >= 11 is 0. The van der Waals surface area contributed by atoms with E-state index in [1.807, 2.05) is 57.7 Å². The number of carbonyl (C=O) groups excluding carboxylic acids is 1. The second kappa shape index (κ2) is 5.80. The van der Waals surface area contributed by atoms with Gasteiger partial charge in [-0.2, -0.15) is 5.10 Å². The van der Waals surface area contributed by atoms with Gasteiger partial charge in [0.25, 0.3) is 5.91 Å². The second-order valence-electron chi connectivity index (χ2n) is 4.13. The van der Waals surface area contributed by atoms with Crippen LogP contribution in [0.4, 0.5) is 0 Å². The molecular weight excluding hydrogens is 224 g/mol. The van der Waals surface area contributed by atoms with Crippen LogP contribution < -0.4 is 5.43 Å². The van der Waals surface area contributed by atoms with Gasteiger partial charge in [0.05, 0.1) is 0 Å². The Bertz CT molecular complexity index is 459. The molecule has 1 aliphatic rings. The highest BCUT2D eigenvalue weighted by Gasteiger charge is 2.20. The number of amides is 1. The molecule has 0 bridgehead atoms. The molecule has 1 N–H and O–H groups in total. The lowest BCUT2D eigenvalue weighted by molar-refractivity contribution is 0.0954. The Morgan fingerprint density at radius 3 is 2.50 bits per heavy atom. The Hall–Kier alpha value is -1.64. The van der Waals surface area contributed by atoms with Crippen LogP contribution in [0.2, 0.25) is 0 Å². The highest BCUT2D eigenvalue weighted by molar-refractivity contribution is 6.02. The Morgan fingerprint density at radius 2 is 1.83 bits per heavy atom. The fraction of sp³-hybridized carbons (Fsp3) is 0.133. The molecule has 1 amide bonds. The van der Waals surface area contributed by atoms with Gasteiger partial charge in [0.15, 0.2) is 0 Å². The van der Waals surface area contributed by atoms with Gasteiger partial charge in [-0.15, -0.1) is 0 Å². The van der Waals surface area contributed by atoms with Crippen LogP contribution in [0.1, 0.15) is 22.8 Å². The Morgan fingerprint density at radius 1 is 1.17 bits per heavy atom. The zero-order valence-electron chi connectivity index (χ0n) is 10.5. The standard InChI is InChI=1S/C15H15N2O/c1-11-7-3-6-10-14(11)15(18)17-16-12(2)13-8-4-5-9-13/h3-10H,1-2H3,(H,17,18)/b16-12-. The molecule has 0 aromatic heterocycles. The lowest BCUT2D eigenvalue weighted by Crippen LogP contribution is -2.21. The quantitative estimate of drug-likeness (QED) is 0.639. The largest absolute Gasteiger partial charge is 0.271 e. The minimum absolute atomic E-state index is 0.181. The molecule has 1 saturated carbocycles. The van der Waals surface area contributed by atoms with Gasteiger partial charge < -0.3 is 0 Å². The molecule has 1 aromatic carbocycles. The minimum atomic E-state index is -0.181. The molecule has 0 saturated heterocycles. The molecule has 3 nitrogen and oxygen atoms in total.